The predicted octanol–water partition coefficient (Wildman–Crippen LogP) is 2.68. The fourth-order valence-electron chi connectivity index (χ4n) is 3.20. The molecule has 1 saturated heterocycles. The second kappa shape index (κ2) is 10.7. The summed E-state index contributed by atoms with van der Waals surface area (Å²) < 4.78 is 18.3. The minimum atomic E-state index is -2.75. The summed E-state index contributed by atoms with van der Waals surface area (Å²) in [7, 11) is -2.75. The van der Waals surface area contributed by atoms with Gasteiger partial charge in [-0.2, -0.15) is 0 Å². The highest BCUT2D eigenvalue weighted by Gasteiger charge is 2.62. The van der Waals surface area contributed by atoms with E-state index in [-0.39, 0.29) is 19.6 Å². The van der Waals surface area contributed by atoms with Crippen LogP contribution in [0.5, 0.6) is 0 Å². The van der Waals surface area contributed by atoms with Gasteiger partial charge in [0.1, 0.15) is 6.61 Å². The fraction of sp³-hybridized carbons (Fsp3) is 0.227. The number of hydrogen-bond donors (Lipinski definition) is 3. The van der Waals surface area contributed by atoms with Gasteiger partial charge >= 0.3 is 25.2 Å². The maximum absolute atomic E-state index is 13.1. The van der Waals surface area contributed by atoms with Crippen molar-refractivity contribution in [2.45, 2.75) is 24.7 Å². The topological polar surface area (TPSA) is 131 Å². The van der Waals surface area contributed by atoms with Crippen molar-refractivity contribution in [1.82, 2.24) is 15.4 Å². The van der Waals surface area contributed by atoms with E-state index in [1.165, 1.54) is 6.08 Å². The fourth-order valence-corrected chi connectivity index (χ4v) is 4.53. The molecule has 1 fully saturated rings. The van der Waals surface area contributed by atoms with Gasteiger partial charge in [0.25, 0.3) is 5.91 Å². The largest absolute Gasteiger partial charge is 0.501 e. The Labute approximate surface area is 186 Å². The number of hydrogen-bond acceptors (Lipinski definition) is 6. The van der Waals surface area contributed by atoms with E-state index in [9.17, 15) is 18.9 Å². The molecule has 0 aromatic heterocycles. The molecule has 0 saturated carbocycles. The number of nitrogens with zero attached hydrogens (tertiary/aromatic N) is 1. The number of ether oxygens (including phenoxy) is 1. The molecular weight excluding hydrogens is 431 g/mol. The first-order valence-electron chi connectivity index (χ1n) is 9.97. The number of nitrogens with two attached hydrogens (primary N) is 1. The summed E-state index contributed by atoms with van der Waals surface area (Å²) in [5, 5.41) is 3.70. The summed E-state index contributed by atoms with van der Waals surface area (Å²) in [4.78, 5) is 37.6. The molecule has 1 heterocycles. The molecule has 0 radical (unpaired) electrons. The van der Waals surface area contributed by atoms with Gasteiger partial charge in [-0.05, 0) is 28.2 Å². The summed E-state index contributed by atoms with van der Waals surface area (Å²) >= 11 is 0. The van der Waals surface area contributed by atoms with E-state index in [0.29, 0.717) is 6.42 Å². The number of piperidine rings is 1. The van der Waals surface area contributed by atoms with Crippen LogP contribution in [0, 0.1) is 0 Å². The Kier molecular flexibility index (Phi) is 7.70. The second-order valence-electron chi connectivity index (χ2n) is 7.16. The average molecular weight is 455 g/mol. The molecule has 4 N–H and O–H groups in total. The van der Waals surface area contributed by atoms with E-state index in [2.05, 4.69) is 10.4 Å². The van der Waals surface area contributed by atoms with E-state index in [1.54, 1.807) is 42.5 Å². The molecule has 1 aliphatic heterocycles. The Morgan fingerprint density at radius 3 is 2.47 bits per heavy atom. The minimum Gasteiger partial charge on any atom is -0.445 e. The van der Waals surface area contributed by atoms with E-state index < -0.39 is 31.1 Å². The molecule has 2 atom stereocenters. The lowest BCUT2D eigenvalue weighted by Gasteiger charge is -2.31. The molecule has 32 heavy (non-hydrogen) atoms. The number of hydrazine groups is 1. The standard InChI is InChI=1S/C22H23N4O5P/c23-26-15-7-14-22(20(26)28,24-21(29)31-16-18-10-5-2-6-11-18)32(30)25-19(27)13-12-17-8-3-1-4-9-17/h1-6,8-13H,7,14-16,23H2,(H-,24,25,27,29,30)/p+1. The van der Waals surface area contributed by atoms with Crippen molar-refractivity contribution in [2.75, 3.05) is 6.54 Å². The third-order valence-corrected chi connectivity index (χ3v) is 6.50. The molecule has 0 spiro atoms. The predicted molar refractivity (Wildman–Crippen MR) is 119 cm³/mol. The monoisotopic (exact) mass is 455 g/mol. The van der Waals surface area contributed by atoms with Gasteiger partial charge in [0.2, 0.25) is 0 Å². The number of carbonyl (C=O) groups is 3. The molecule has 2 aromatic rings. The molecule has 9 nitrogen and oxygen atoms in total. The molecule has 2 aromatic carbocycles. The molecule has 3 rings (SSSR count). The van der Waals surface area contributed by atoms with Crippen molar-refractivity contribution < 1.29 is 23.7 Å². The van der Waals surface area contributed by atoms with E-state index in [0.717, 1.165) is 16.1 Å². The van der Waals surface area contributed by atoms with Gasteiger partial charge in [0.15, 0.2) is 0 Å². The van der Waals surface area contributed by atoms with Crippen molar-refractivity contribution in [3.8, 4) is 0 Å². The third-order valence-electron chi connectivity index (χ3n) is 4.86. The lowest BCUT2D eigenvalue weighted by molar-refractivity contribution is -0.138. The lowest BCUT2D eigenvalue weighted by atomic mass is 10.1. The molecule has 3 amide bonds. The van der Waals surface area contributed by atoms with Crippen LogP contribution in [0.3, 0.4) is 0 Å². The molecule has 0 aliphatic carbocycles. The average Bonchev–Trinajstić information content (AvgIpc) is 2.80. The van der Waals surface area contributed by atoms with Crippen molar-refractivity contribution in [3.05, 3.63) is 77.9 Å². The first-order valence-corrected chi connectivity index (χ1v) is 11.2. The normalized spacial score (nSPS) is 18.8. The second-order valence-corrected chi connectivity index (χ2v) is 8.74. The lowest BCUT2D eigenvalue weighted by Crippen LogP contribution is -2.63. The summed E-state index contributed by atoms with van der Waals surface area (Å²) in [6.45, 7) is 0.207. The zero-order chi connectivity index (χ0) is 23.0. The number of rotatable bonds is 7. The number of benzene rings is 2. The van der Waals surface area contributed by atoms with Gasteiger partial charge in [-0.3, -0.25) is 19.9 Å². The van der Waals surface area contributed by atoms with Crippen LogP contribution in [-0.4, -0.2) is 34.7 Å². The Hall–Kier alpha value is -3.55. The smallest absolute Gasteiger partial charge is 0.445 e. The van der Waals surface area contributed by atoms with Gasteiger partial charge in [-0.25, -0.2) is 10.6 Å². The molecule has 10 heteroatoms. The van der Waals surface area contributed by atoms with E-state index >= 15 is 0 Å². The molecular formula is C22H24N4O5P+. The maximum Gasteiger partial charge on any atom is 0.501 e. The van der Waals surface area contributed by atoms with Crippen LogP contribution in [0.2, 0.25) is 0 Å². The Bertz CT molecular complexity index is 1020. The quantitative estimate of drug-likeness (QED) is 0.255. The van der Waals surface area contributed by atoms with Crippen LogP contribution >= 0.6 is 7.95 Å². The Morgan fingerprint density at radius 2 is 1.78 bits per heavy atom. The maximum atomic E-state index is 13.1. The Morgan fingerprint density at radius 1 is 1.12 bits per heavy atom. The van der Waals surface area contributed by atoms with Gasteiger partial charge in [-0.1, -0.05) is 60.7 Å². The van der Waals surface area contributed by atoms with Crippen molar-refractivity contribution in [1.29, 1.82) is 0 Å². The highest BCUT2D eigenvalue weighted by atomic mass is 31.1. The zero-order valence-electron chi connectivity index (χ0n) is 17.3. The van der Waals surface area contributed by atoms with Crippen molar-refractivity contribution in [2.24, 2.45) is 5.84 Å². The first-order chi connectivity index (χ1) is 15.4. The van der Waals surface area contributed by atoms with E-state index in [1.807, 2.05) is 24.3 Å². The summed E-state index contributed by atoms with van der Waals surface area (Å²) in [5.41, 5.74) is 1.52. The van der Waals surface area contributed by atoms with Crippen LogP contribution in [-0.2, 0) is 25.5 Å². The van der Waals surface area contributed by atoms with Gasteiger partial charge in [-0.15, -0.1) is 5.09 Å². The first kappa shape index (κ1) is 23.1. The summed E-state index contributed by atoms with van der Waals surface area (Å²) in [5.74, 6) is 4.31. The van der Waals surface area contributed by atoms with Crippen molar-refractivity contribution >= 4 is 31.9 Å². The van der Waals surface area contributed by atoms with Crippen LogP contribution in [0.1, 0.15) is 24.0 Å². The van der Waals surface area contributed by atoms with Crippen LogP contribution in [0.15, 0.2) is 66.7 Å². The number of amides is 3. The van der Waals surface area contributed by atoms with Crippen LogP contribution < -0.4 is 16.2 Å². The highest BCUT2D eigenvalue weighted by Crippen LogP contribution is 2.41. The molecule has 1 aliphatic rings. The van der Waals surface area contributed by atoms with E-state index in [4.69, 9.17) is 10.6 Å². The van der Waals surface area contributed by atoms with Gasteiger partial charge in [0, 0.05) is 19.0 Å². The van der Waals surface area contributed by atoms with Crippen LogP contribution in [0.4, 0.5) is 4.79 Å². The van der Waals surface area contributed by atoms with Gasteiger partial charge in [0.05, 0.1) is 0 Å². The number of carbonyl (C=O) groups excluding carboxylic acids is 3. The third kappa shape index (κ3) is 5.78. The summed E-state index contributed by atoms with van der Waals surface area (Å²) in [6, 6.07) is 18.0. The highest BCUT2D eigenvalue weighted by molar-refractivity contribution is 7.46. The molecule has 0 bridgehead atoms. The minimum absolute atomic E-state index is 0.0355. The number of alkyl carbamates (subject to hydrolysis) is 1. The summed E-state index contributed by atoms with van der Waals surface area (Å²) in [6.07, 6.45) is 2.24. The number of nitrogens with one attached hydrogen (secondary N) is 2. The van der Waals surface area contributed by atoms with Crippen molar-refractivity contribution in [3.63, 3.8) is 0 Å². The Balaban J connectivity index is 1.70. The SMILES string of the molecule is NN1CCCC(NC(=O)OCc2ccccc2)([P+](=O)NC(=O)C=Cc2ccccc2)C1=O. The van der Waals surface area contributed by atoms with Crippen LogP contribution in [0.25, 0.3) is 6.08 Å². The molecule has 2 unspecified atom stereocenters. The molecule has 166 valence electrons. The zero-order valence-corrected chi connectivity index (χ0v) is 18.2. The van der Waals surface area contributed by atoms with Gasteiger partial charge < -0.3 is 4.74 Å².